The number of nitrogens with one attached hydrogen (secondary N) is 1. The largest absolute Gasteiger partial charge is 0.394 e. The van der Waals surface area contributed by atoms with Crippen molar-refractivity contribution in [2.45, 2.75) is 37.8 Å². The number of nitrogens with zero attached hydrogens (tertiary/aromatic N) is 1. The van der Waals surface area contributed by atoms with Crippen LogP contribution >= 0.6 is 15.9 Å². The predicted molar refractivity (Wildman–Crippen MR) is 101 cm³/mol. The Labute approximate surface area is 161 Å². The highest BCUT2D eigenvalue weighted by atomic mass is 79.9. The zero-order valence-corrected chi connectivity index (χ0v) is 16.2. The van der Waals surface area contributed by atoms with Gasteiger partial charge in [-0.2, -0.15) is 0 Å². The van der Waals surface area contributed by atoms with Crippen molar-refractivity contribution in [1.82, 2.24) is 4.90 Å². The number of fused-ring (bicyclic) bond motifs is 1. The molecule has 0 radical (unpaired) electrons. The summed E-state index contributed by atoms with van der Waals surface area (Å²) in [5.74, 6) is -1.01. The molecule has 0 bridgehead atoms. The molecule has 0 aromatic heterocycles. The van der Waals surface area contributed by atoms with E-state index in [1.165, 1.54) is 0 Å². The van der Waals surface area contributed by atoms with Gasteiger partial charge in [-0.25, -0.2) is 0 Å². The number of rotatable bonds is 5. The minimum absolute atomic E-state index is 0.0164. The smallest absolute Gasteiger partial charge is 0.261 e. The number of likely N-dealkylation sites (tertiary alicyclic amines) is 1. The molecule has 3 atom stereocenters. The van der Waals surface area contributed by atoms with E-state index in [0.29, 0.717) is 17.8 Å². The van der Waals surface area contributed by atoms with Crippen LogP contribution in [0.5, 0.6) is 0 Å². The minimum atomic E-state index is -1.67. The zero-order chi connectivity index (χ0) is 18.9. The van der Waals surface area contributed by atoms with E-state index in [9.17, 15) is 19.8 Å². The van der Waals surface area contributed by atoms with E-state index in [1.807, 2.05) is 0 Å². The minimum Gasteiger partial charge on any atom is -0.394 e. The summed E-state index contributed by atoms with van der Waals surface area (Å²) in [5.41, 5.74) is -0.542. The number of hydrogen-bond acceptors (Lipinski definition) is 4. The lowest BCUT2D eigenvalue weighted by atomic mass is 9.83. The molecule has 0 unspecified atom stereocenters. The number of anilines is 1. The summed E-state index contributed by atoms with van der Waals surface area (Å²) < 4.78 is 0.779. The lowest BCUT2D eigenvalue weighted by Crippen LogP contribution is -2.40. The van der Waals surface area contributed by atoms with Crippen molar-refractivity contribution >= 4 is 33.4 Å². The lowest BCUT2D eigenvalue weighted by molar-refractivity contribution is -0.137. The van der Waals surface area contributed by atoms with Gasteiger partial charge >= 0.3 is 0 Å². The Morgan fingerprint density at radius 3 is 3.04 bits per heavy atom. The summed E-state index contributed by atoms with van der Waals surface area (Å²) in [4.78, 5) is 26.4. The van der Waals surface area contributed by atoms with E-state index in [0.717, 1.165) is 17.3 Å². The summed E-state index contributed by atoms with van der Waals surface area (Å²) in [6, 6.07) is 5.19. The van der Waals surface area contributed by atoms with Gasteiger partial charge in [-0.1, -0.05) is 35.0 Å². The Hall–Kier alpha value is -1.70. The van der Waals surface area contributed by atoms with Gasteiger partial charge in [0.25, 0.3) is 5.91 Å². The quantitative estimate of drug-likeness (QED) is 0.634. The molecule has 0 aliphatic carbocycles. The van der Waals surface area contributed by atoms with E-state index in [-0.39, 0.29) is 25.0 Å². The molecule has 2 aliphatic rings. The standard InChI is InChI=1S/C19H23BrN2O4/c1-12(4-2-6-17(24)22-9-3-5-14(22)11-23)19(26)15-10-13(20)7-8-16(15)21-18(19)25/h2,4,7-8,10,12,14,23,26H,3,5-6,9,11H2,1H3,(H,21,25)/b4-2+/t12-,14+,19+/m1/s1. The van der Waals surface area contributed by atoms with Gasteiger partial charge in [0.05, 0.1) is 12.6 Å². The molecule has 0 spiro atoms. The van der Waals surface area contributed by atoms with Gasteiger partial charge in [0, 0.05) is 34.6 Å². The fraction of sp³-hybridized carbons (Fsp3) is 0.474. The Morgan fingerprint density at radius 1 is 1.54 bits per heavy atom. The van der Waals surface area contributed by atoms with E-state index in [4.69, 9.17) is 0 Å². The molecule has 2 aliphatic heterocycles. The summed E-state index contributed by atoms with van der Waals surface area (Å²) in [7, 11) is 0. The molecule has 3 N–H and O–H groups in total. The third-order valence-electron chi connectivity index (χ3n) is 5.27. The van der Waals surface area contributed by atoms with Crippen molar-refractivity contribution < 1.29 is 19.8 Å². The van der Waals surface area contributed by atoms with Crippen molar-refractivity contribution in [2.75, 3.05) is 18.5 Å². The summed E-state index contributed by atoms with van der Waals surface area (Å²) in [6.45, 7) is 2.40. The van der Waals surface area contributed by atoms with Crippen LogP contribution in [-0.2, 0) is 15.2 Å². The second-order valence-corrected chi connectivity index (χ2v) is 7.81. The van der Waals surface area contributed by atoms with Crippen LogP contribution in [0.3, 0.4) is 0 Å². The Morgan fingerprint density at radius 2 is 2.31 bits per heavy atom. The molecular weight excluding hydrogens is 400 g/mol. The predicted octanol–water partition coefficient (Wildman–Crippen LogP) is 2.15. The summed E-state index contributed by atoms with van der Waals surface area (Å²) in [6.07, 6.45) is 5.32. The van der Waals surface area contributed by atoms with Gasteiger partial charge in [-0.15, -0.1) is 0 Å². The third kappa shape index (κ3) is 3.31. The lowest BCUT2D eigenvalue weighted by Gasteiger charge is -2.26. The first-order valence-electron chi connectivity index (χ1n) is 8.78. The number of aliphatic hydroxyl groups excluding tert-OH is 1. The van der Waals surface area contributed by atoms with Crippen molar-refractivity contribution in [3.05, 3.63) is 40.4 Å². The van der Waals surface area contributed by atoms with Gasteiger partial charge in [0.15, 0.2) is 5.60 Å². The van der Waals surface area contributed by atoms with Gasteiger partial charge in [0.1, 0.15) is 0 Å². The van der Waals surface area contributed by atoms with E-state index < -0.39 is 17.4 Å². The molecule has 1 aromatic carbocycles. The Balaban J connectivity index is 1.71. The van der Waals surface area contributed by atoms with Crippen molar-refractivity contribution in [2.24, 2.45) is 5.92 Å². The second-order valence-electron chi connectivity index (χ2n) is 6.90. The number of carbonyl (C=O) groups excluding carboxylic acids is 2. The van der Waals surface area contributed by atoms with Crippen LogP contribution in [0, 0.1) is 5.92 Å². The molecule has 6 nitrogen and oxygen atoms in total. The SMILES string of the molecule is C[C@H](/C=C/CC(=O)N1CCC[C@H]1CO)[C@@]1(O)C(=O)Nc2ccc(Br)cc21. The van der Waals surface area contributed by atoms with Gasteiger partial charge in [-0.3, -0.25) is 9.59 Å². The number of carbonyl (C=O) groups is 2. The van der Waals surface area contributed by atoms with Crippen LogP contribution in [0.1, 0.15) is 31.7 Å². The highest BCUT2D eigenvalue weighted by Gasteiger charge is 2.48. The van der Waals surface area contributed by atoms with Crippen molar-refractivity contribution in [1.29, 1.82) is 0 Å². The molecule has 1 saturated heterocycles. The van der Waals surface area contributed by atoms with E-state index in [2.05, 4.69) is 21.2 Å². The fourth-order valence-corrected chi connectivity index (χ4v) is 4.08. The molecule has 26 heavy (non-hydrogen) atoms. The van der Waals surface area contributed by atoms with Crippen LogP contribution in [0.25, 0.3) is 0 Å². The number of benzene rings is 1. The summed E-state index contributed by atoms with van der Waals surface area (Å²) >= 11 is 3.37. The van der Waals surface area contributed by atoms with Crippen LogP contribution in [-0.4, -0.2) is 46.1 Å². The average molecular weight is 423 g/mol. The average Bonchev–Trinajstić information content (AvgIpc) is 3.19. The zero-order valence-electron chi connectivity index (χ0n) is 14.6. The van der Waals surface area contributed by atoms with Crippen LogP contribution in [0.2, 0.25) is 0 Å². The second kappa shape index (κ2) is 7.50. The van der Waals surface area contributed by atoms with Gasteiger partial charge in [0.2, 0.25) is 5.91 Å². The number of hydrogen-bond donors (Lipinski definition) is 3. The maximum atomic E-state index is 12.4. The van der Waals surface area contributed by atoms with Gasteiger partial charge in [-0.05, 0) is 31.0 Å². The molecule has 3 rings (SSSR count). The van der Waals surface area contributed by atoms with E-state index in [1.54, 1.807) is 42.2 Å². The first-order chi connectivity index (χ1) is 12.4. The Kier molecular flexibility index (Phi) is 5.50. The summed E-state index contributed by atoms with van der Waals surface area (Å²) in [5, 5.41) is 23.1. The topological polar surface area (TPSA) is 89.9 Å². The van der Waals surface area contributed by atoms with E-state index >= 15 is 0 Å². The van der Waals surface area contributed by atoms with Crippen LogP contribution in [0.4, 0.5) is 5.69 Å². The maximum absolute atomic E-state index is 12.4. The van der Waals surface area contributed by atoms with Crippen molar-refractivity contribution in [3.8, 4) is 0 Å². The highest BCUT2D eigenvalue weighted by Crippen LogP contribution is 2.42. The molecule has 140 valence electrons. The van der Waals surface area contributed by atoms with Crippen LogP contribution in [0.15, 0.2) is 34.8 Å². The first-order valence-corrected chi connectivity index (χ1v) is 9.58. The third-order valence-corrected chi connectivity index (χ3v) is 5.76. The first kappa shape index (κ1) is 19.1. The highest BCUT2D eigenvalue weighted by molar-refractivity contribution is 9.10. The van der Waals surface area contributed by atoms with Crippen LogP contribution < -0.4 is 5.32 Å². The molecule has 1 aromatic rings. The molecule has 1 fully saturated rings. The number of aliphatic hydroxyl groups is 2. The maximum Gasteiger partial charge on any atom is 0.261 e. The number of amides is 2. The molecule has 2 heterocycles. The monoisotopic (exact) mass is 422 g/mol. The fourth-order valence-electron chi connectivity index (χ4n) is 3.72. The van der Waals surface area contributed by atoms with Crippen molar-refractivity contribution in [3.63, 3.8) is 0 Å². The Bertz CT molecular complexity index is 751. The van der Waals surface area contributed by atoms with Gasteiger partial charge < -0.3 is 20.4 Å². The molecule has 0 saturated carbocycles. The number of halogens is 1. The molecule has 2 amide bonds. The normalized spacial score (nSPS) is 26.2. The molecular formula is C19H23BrN2O4. The molecule has 7 heteroatoms.